The fraction of sp³-hybridized carbons (Fsp3) is 0.400. The lowest BCUT2D eigenvalue weighted by Crippen LogP contribution is -2.30. The van der Waals surface area contributed by atoms with Crippen LogP contribution in [0.1, 0.15) is 19.5 Å². The summed E-state index contributed by atoms with van der Waals surface area (Å²) in [4.78, 5) is 11.8. The van der Waals surface area contributed by atoms with Crippen LogP contribution in [0.4, 0.5) is 0 Å². The van der Waals surface area contributed by atoms with Gasteiger partial charge in [-0.15, -0.1) is 0 Å². The number of rotatable bonds is 3. The third-order valence-electron chi connectivity index (χ3n) is 3.45. The molecule has 0 fully saturated rings. The Bertz CT molecular complexity index is 628. The van der Waals surface area contributed by atoms with E-state index in [1.165, 1.54) is 12.5 Å². The van der Waals surface area contributed by atoms with Gasteiger partial charge >= 0.3 is 5.97 Å². The van der Waals surface area contributed by atoms with Crippen molar-refractivity contribution in [3.8, 4) is 0 Å². The lowest BCUT2D eigenvalue weighted by molar-refractivity contribution is -0.151. The van der Waals surface area contributed by atoms with Crippen molar-refractivity contribution in [1.82, 2.24) is 4.57 Å². The average molecular weight is 324 g/mol. The molecule has 1 heterocycles. The molecule has 0 spiro atoms. The SMILES string of the molecule is COC(=O)C(C)(C)Cn1c(C)c(Br)c2ccccc21. The molecule has 0 unspecified atom stereocenters. The molecule has 2 aromatic rings. The Kier molecular flexibility index (Phi) is 3.72. The molecule has 2 rings (SSSR count). The standard InChI is InChI=1S/C15H18BrNO2/c1-10-13(16)11-7-5-6-8-12(11)17(10)9-15(2,3)14(18)19-4/h5-8H,9H2,1-4H3. The third kappa shape index (κ3) is 2.41. The van der Waals surface area contributed by atoms with E-state index in [-0.39, 0.29) is 5.97 Å². The minimum Gasteiger partial charge on any atom is -0.469 e. The summed E-state index contributed by atoms with van der Waals surface area (Å²) < 4.78 is 8.13. The maximum absolute atomic E-state index is 11.8. The highest BCUT2D eigenvalue weighted by molar-refractivity contribution is 9.10. The molecular formula is C15H18BrNO2. The molecule has 102 valence electrons. The number of para-hydroxylation sites is 1. The fourth-order valence-electron chi connectivity index (χ4n) is 2.33. The molecule has 1 aromatic heterocycles. The molecule has 19 heavy (non-hydrogen) atoms. The van der Waals surface area contributed by atoms with Crippen LogP contribution in [0, 0.1) is 12.3 Å². The quantitative estimate of drug-likeness (QED) is 0.802. The first-order chi connectivity index (χ1) is 8.88. The van der Waals surface area contributed by atoms with Gasteiger partial charge in [-0.2, -0.15) is 0 Å². The lowest BCUT2D eigenvalue weighted by Gasteiger charge is -2.23. The summed E-state index contributed by atoms with van der Waals surface area (Å²) in [7, 11) is 1.43. The zero-order chi connectivity index (χ0) is 14.2. The molecule has 0 atom stereocenters. The maximum atomic E-state index is 11.8. The zero-order valence-electron chi connectivity index (χ0n) is 11.7. The first-order valence-corrected chi connectivity index (χ1v) is 6.99. The highest BCUT2D eigenvalue weighted by Gasteiger charge is 2.30. The Labute approximate surface area is 121 Å². The van der Waals surface area contributed by atoms with E-state index in [4.69, 9.17) is 4.74 Å². The number of carbonyl (C=O) groups excluding carboxylic acids is 1. The van der Waals surface area contributed by atoms with Gasteiger partial charge in [0.2, 0.25) is 0 Å². The predicted molar refractivity (Wildman–Crippen MR) is 80.2 cm³/mol. The summed E-state index contributed by atoms with van der Waals surface area (Å²) >= 11 is 3.63. The molecular weight excluding hydrogens is 306 g/mol. The van der Waals surface area contributed by atoms with Gasteiger partial charge in [0.05, 0.1) is 12.5 Å². The van der Waals surface area contributed by atoms with E-state index < -0.39 is 5.41 Å². The van der Waals surface area contributed by atoms with E-state index in [0.717, 1.165) is 15.7 Å². The van der Waals surface area contributed by atoms with Gasteiger partial charge in [-0.1, -0.05) is 18.2 Å². The van der Waals surface area contributed by atoms with E-state index in [1.54, 1.807) is 0 Å². The second-order valence-electron chi connectivity index (χ2n) is 5.38. The van der Waals surface area contributed by atoms with Gasteiger partial charge in [-0.3, -0.25) is 4.79 Å². The molecule has 0 radical (unpaired) electrons. The van der Waals surface area contributed by atoms with Gasteiger partial charge in [0, 0.05) is 27.6 Å². The second-order valence-corrected chi connectivity index (χ2v) is 6.17. The topological polar surface area (TPSA) is 31.2 Å². The molecule has 0 aliphatic carbocycles. The fourth-order valence-corrected chi connectivity index (χ4v) is 2.88. The molecule has 0 aliphatic rings. The summed E-state index contributed by atoms with van der Waals surface area (Å²) in [6.07, 6.45) is 0. The van der Waals surface area contributed by atoms with Crippen LogP contribution < -0.4 is 0 Å². The number of nitrogens with zero attached hydrogens (tertiary/aromatic N) is 1. The number of benzene rings is 1. The van der Waals surface area contributed by atoms with E-state index in [0.29, 0.717) is 6.54 Å². The first-order valence-electron chi connectivity index (χ1n) is 6.20. The first kappa shape index (κ1) is 14.1. The monoisotopic (exact) mass is 323 g/mol. The number of aromatic nitrogens is 1. The predicted octanol–water partition coefficient (Wildman–Crippen LogP) is 3.91. The number of methoxy groups -OCH3 is 1. The molecule has 1 aromatic carbocycles. The molecule has 3 nitrogen and oxygen atoms in total. The summed E-state index contributed by atoms with van der Waals surface area (Å²) in [5.41, 5.74) is 1.70. The van der Waals surface area contributed by atoms with Gasteiger partial charge in [0.25, 0.3) is 0 Å². The highest BCUT2D eigenvalue weighted by Crippen LogP contribution is 2.33. The molecule has 0 N–H and O–H groups in total. The van der Waals surface area contributed by atoms with Crippen LogP contribution in [0.3, 0.4) is 0 Å². The Morgan fingerprint density at radius 2 is 2.00 bits per heavy atom. The summed E-state index contributed by atoms with van der Waals surface area (Å²) in [6.45, 7) is 6.46. The van der Waals surface area contributed by atoms with E-state index in [1.807, 2.05) is 26.0 Å². The molecule has 4 heteroatoms. The van der Waals surface area contributed by atoms with Gasteiger partial charge < -0.3 is 9.30 Å². The number of ether oxygens (including phenoxy) is 1. The van der Waals surface area contributed by atoms with Crippen LogP contribution in [-0.2, 0) is 16.1 Å². The number of halogens is 1. The number of hydrogen-bond acceptors (Lipinski definition) is 2. The van der Waals surface area contributed by atoms with Crippen LogP contribution in [0.15, 0.2) is 28.7 Å². The summed E-state index contributed by atoms with van der Waals surface area (Å²) in [5.74, 6) is -0.194. The molecule has 0 bridgehead atoms. The number of fused-ring (bicyclic) bond motifs is 1. The van der Waals surface area contributed by atoms with Crippen LogP contribution in [-0.4, -0.2) is 17.6 Å². The normalized spacial score (nSPS) is 11.8. The van der Waals surface area contributed by atoms with Crippen molar-refractivity contribution < 1.29 is 9.53 Å². The van der Waals surface area contributed by atoms with Gasteiger partial charge in [-0.25, -0.2) is 0 Å². The summed E-state index contributed by atoms with van der Waals surface area (Å²) in [5, 5.41) is 1.17. The Balaban J connectivity index is 2.52. The van der Waals surface area contributed by atoms with Crippen LogP contribution in [0.2, 0.25) is 0 Å². The minimum atomic E-state index is -0.555. The van der Waals surface area contributed by atoms with Gasteiger partial charge in [-0.05, 0) is 42.8 Å². The molecule has 0 saturated carbocycles. The van der Waals surface area contributed by atoms with Crippen molar-refractivity contribution >= 4 is 32.8 Å². The zero-order valence-corrected chi connectivity index (χ0v) is 13.2. The molecule has 0 saturated heterocycles. The smallest absolute Gasteiger partial charge is 0.313 e. The van der Waals surface area contributed by atoms with Gasteiger partial charge in [0.15, 0.2) is 0 Å². The van der Waals surface area contributed by atoms with E-state index >= 15 is 0 Å². The van der Waals surface area contributed by atoms with Crippen molar-refractivity contribution in [2.45, 2.75) is 27.3 Å². The van der Waals surface area contributed by atoms with E-state index in [2.05, 4.69) is 39.6 Å². The minimum absolute atomic E-state index is 0.194. The van der Waals surface area contributed by atoms with Crippen LogP contribution >= 0.6 is 15.9 Å². The van der Waals surface area contributed by atoms with Crippen molar-refractivity contribution in [3.05, 3.63) is 34.4 Å². The number of hydrogen-bond donors (Lipinski definition) is 0. The Morgan fingerprint density at radius 3 is 2.63 bits per heavy atom. The maximum Gasteiger partial charge on any atom is 0.313 e. The molecule has 0 aliphatic heterocycles. The van der Waals surface area contributed by atoms with Crippen molar-refractivity contribution in [2.24, 2.45) is 5.41 Å². The Hall–Kier alpha value is -1.29. The highest BCUT2D eigenvalue weighted by atomic mass is 79.9. The number of esters is 1. The summed E-state index contributed by atoms with van der Waals surface area (Å²) in [6, 6.07) is 8.17. The van der Waals surface area contributed by atoms with Crippen LogP contribution in [0.5, 0.6) is 0 Å². The van der Waals surface area contributed by atoms with Crippen molar-refractivity contribution in [3.63, 3.8) is 0 Å². The second kappa shape index (κ2) is 5.00. The van der Waals surface area contributed by atoms with Crippen LogP contribution in [0.25, 0.3) is 10.9 Å². The van der Waals surface area contributed by atoms with E-state index in [9.17, 15) is 4.79 Å². The Morgan fingerprint density at radius 1 is 1.37 bits per heavy atom. The van der Waals surface area contributed by atoms with Crippen molar-refractivity contribution in [1.29, 1.82) is 0 Å². The average Bonchev–Trinajstić information content (AvgIpc) is 2.63. The number of carbonyl (C=O) groups is 1. The van der Waals surface area contributed by atoms with Crippen molar-refractivity contribution in [2.75, 3.05) is 7.11 Å². The largest absolute Gasteiger partial charge is 0.469 e. The van der Waals surface area contributed by atoms with Gasteiger partial charge in [0.1, 0.15) is 0 Å². The lowest BCUT2D eigenvalue weighted by atomic mass is 9.93. The third-order valence-corrected chi connectivity index (χ3v) is 4.45. The molecule has 0 amide bonds.